The van der Waals surface area contributed by atoms with Gasteiger partial charge in [0.05, 0.1) is 0 Å². The normalized spacial score (nSPS) is 11.2. The molecule has 0 aromatic carbocycles. The van der Waals surface area contributed by atoms with Crippen LogP contribution in [0.3, 0.4) is 0 Å². The summed E-state index contributed by atoms with van der Waals surface area (Å²) < 4.78 is 1.46. The van der Waals surface area contributed by atoms with E-state index in [1.807, 2.05) is 6.92 Å². The average Bonchev–Trinajstić information content (AvgIpc) is 3.05. The van der Waals surface area contributed by atoms with Gasteiger partial charge >= 0.3 is 5.82 Å². The van der Waals surface area contributed by atoms with Crippen LogP contribution < -0.4 is 0 Å². The van der Waals surface area contributed by atoms with Crippen molar-refractivity contribution in [3.8, 4) is 0 Å². The number of nitro groups is 1. The maximum Gasteiger partial charge on any atom is 0.363 e. The predicted octanol–water partition coefficient (Wildman–Crippen LogP) is 2.53. The highest BCUT2D eigenvalue weighted by molar-refractivity contribution is 7.99. The summed E-state index contributed by atoms with van der Waals surface area (Å²) >= 11 is 2.45. The van der Waals surface area contributed by atoms with Gasteiger partial charge in [-0.25, -0.2) is 4.98 Å². The lowest BCUT2D eigenvalue weighted by molar-refractivity contribution is -0.393. The van der Waals surface area contributed by atoms with Crippen molar-refractivity contribution in [1.82, 2.24) is 24.6 Å². The number of thiazole rings is 1. The number of rotatable bonds is 5. The Bertz CT molecular complexity index is 761. The monoisotopic (exact) mass is 310 g/mol. The summed E-state index contributed by atoms with van der Waals surface area (Å²) in [6.07, 6.45) is 3.39. The molecule has 0 aliphatic carbocycles. The second-order valence-electron chi connectivity index (χ2n) is 3.97. The number of imidazole rings is 1. The average molecular weight is 310 g/mol. The highest BCUT2D eigenvalue weighted by Gasteiger charge is 2.25. The number of H-pyrrole nitrogens is 1. The summed E-state index contributed by atoms with van der Waals surface area (Å²) in [5.74, 6) is 0.728. The van der Waals surface area contributed by atoms with Crippen molar-refractivity contribution in [1.29, 1.82) is 0 Å². The SMILES string of the molecule is CCCc1nc(Sc2nc3sccn3c2[N+](=O)[O-])n[nH]1. The van der Waals surface area contributed by atoms with E-state index < -0.39 is 4.92 Å². The Morgan fingerprint density at radius 1 is 1.55 bits per heavy atom. The smallest absolute Gasteiger partial charge is 0.358 e. The zero-order valence-corrected chi connectivity index (χ0v) is 12.1. The fourth-order valence-corrected chi connectivity index (χ4v) is 3.33. The molecule has 3 aromatic rings. The van der Waals surface area contributed by atoms with Crippen molar-refractivity contribution in [2.75, 3.05) is 0 Å². The minimum Gasteiger partial charge on any atom is -0.358 e. The van der Waals surface area contributed by atoms with E-state index in [4.69, 9.17) is 0 Å². The molecule has 0 saturated heterocycles. The third-order valence-electron chi connectivity index (χ3n) is 2.57. The molecule has 0 spiro atoms. The van der Waals surface area contributed by atoms with Crippen molar-refractivity contribution >= 4 is 33.9 Å². The van der Waals surface area contributed by atoms with Crippen LogP contribution in [0.4, 0.5) is 5.82 Å². The topological polar surface area (TPSA) is 102 Å². The number of aromatic nitrogens is 5. The quantitative estimate of drug-likeness (QED) is 0.574. The zero-order valence-electron chi connectivity index (χ0n) is 10.4. The van der Waals surface area contributed by atoms with Crippen LogP contribution in [-0.4, -0.2) is 29.5 Å². The summed E-state index contributed by atoms with van der Waals surface area (Å²) in [6.45, 7) is 2.05. The Balaban J connectivity index is 1.94. The van der Waals surface area contributed by atoms with Crippen molar-refractivity contribution in [2.45, 2.75) is 29.9 Å². The number of hydrogen-bond acceptors (Lipinski definition) is 7. The van der Waals surface area contributed by atoms with Gasteiger partial charge in [0.1, 0.15) is 12.0 Å². The highest BCUT2D eigenvalue weighted by Crippen LogP contribution is 2.34. The van der Waals surface area contributed by atoms with Gasteiger partial charge in [-0.05, 0) is 23.1 Å². The fourth-order valence-electron chi connectivity index (χ4n) is 1.75. The molecular weight excluding hydrogens is 300 g/mol. The lowest BCUT2D eigenvalue weighted by Crippen LogP contribution is -1.93. The molecule has 8 nitrogen and oxygen atoms in total. The van der Waals surface area contributed by atoms with Gasteiger partial charge in [0.25, 0.3) is 4.96 Å². The van der Waals surface area contributed by atoms with Crippen LogP contribution in [-0.2, 0) is 6.42 Å². The largest absolute Gasteiger partial charge is 0.363 e. The Kier molecular flexibility index (Phi) is 3.40. The van der Waals surface area contributed by atoms with Crippen LogP contribution in [0.2, 0.25) is 0 Å². The van der Waals surface area contributed by atoms with Crippen LogP contribution in [0.15, 0.2) is 21.8 Å². The molecule has 0 atom stereocenters. The van der Waals surface area contributed by atoms with Gasteiger partial charge in [-0.3, -0.25) is 5.10 Å². The Morgan fingerprint density at radius 3 is 3.15 bits per heavy atom. The van der Waals surface area contributed by atoms with Crippen LogP contribution in [0.5, 0.6) is 0 Å². The number of hydrogen-bond donors (Lipinski definition) is 1. The van der Waals surface area contributed by atoms with Crippen molar-refractivity contribution in [3.05, 3.63) is 27.5 Å². The lowest BCUT2D eigenvalue weighted by atomic mass is 10.3. The van der Waals surface area contributed by atoms with Crippen LogP contribution in [0.1, 0.15) is 19.2 Å². The van der Waals surface area contributed by atoms with E-state index in [9.17, 15) is 10.1 Å². The number of nitrogens with one attached hydrogen (secondary N) is 1. The maximum atomic E-state index is 11.2. The van der Waals surface area contributed by atoms with E-state index >= 15 is 0 Å². The third kappa shape index (κ3) is 2.27. The molecule has 1 N–H and O–H groups in total. The minimum absolute atomic E-state index is 0.0481. The molecule has 0 radical (unpaired) electrons. The first kappa shape index (κ1) is 13.1. The molecule has 0 bridgehead atoms. The molecule has 20 heavy (non-hydrogen) atoms. The van der Waals surface area contributed by atoms with E-state index in [-0.39, 0.29) is 5.82 Å². The number of aromatic amines is 1. The van der Waals surface area contributed by atoms with Gasteiger partial charge < -0.3 is 10.1 Å². The highest BCUT2D eigenvalue weighted by atomic mass is 32.2. The minimum atomic E-state index is -0.436. The number of nitrogens with zero attached hydrogens (tertiary/aromatic N) is 5. The van der Waals surface area contributed by atoms with E-state index in [0.29, 0.717) is 15.1 Å². The number of aryl methyl sites for hydroxylation is 1. The van der Waals surface area contributed by atoms with Crippen LogP contribution >= 0.6 is 23.1 Å². The second kappa shape index (κ2) is 5.21. The summed E-state index contributed by atoms with van der Waals surface area (Å²) in [7, 11) is 0. The molecule has 10 heteroatoms. The molecule has 0 aliphatic heterocycles. The summed E-state index contributed by atoms with van der Waals surface area (Å²) in [5, 5.41) is 20.6. The van der Waals surface area contributed by atoms with Gasteiger partial charge in [-0.2, -0.15) is 9.38 Å². The Hall–Kier alpha value is -1.94. The van der Waals surface area contributed by atoms with Gasteiger partial charge in [-0.15, -0.1) is 5.10 Å². The van der Waals surface area contributed by atoms with Crippen LogP contribution in [0, 0.1) is 10.1 Å². The van der Waals surface area contributed by atoms with Crippen molar-refractivity contribution in [2.24, 2.45) is 0 Å². The number of fused-ring (bicyclic) bond motifs is 1. The first-order valence-corrected chi connectivity index (χ1v) is 7.57. The van der Waals surface area contributed by atoms with E-state index in [1.54, 1.807) is 11.6 Å². The zero-order chi connectivity index (χ0) is 14.1. The molecule has 104 valence electrons. The molecule has 3 rings (SSSR count). The fraction of sp³-hybridized carbons (Fsp3) is 0.300. The first-order chi connectivity index (χ1) is 9.69. The molecule has 3 aromatic heterocycles. The third-order valence-corrected chi connectivity index (χ3v) is 4.15. The molecular formula is C10H10N6O2S2. The van der Waals surface area contributed by atoms with E-state index in [1.165, 1.54) is 15.7 Å². The van der Waals surface area contributed by atoms with Crippen LogP contribution in [0.25, 0.3) is 4.96 Å². The molecule has 0 amide bonds. The summed E-state index contributed by atoms with van der Waals surface area (Å²) in [4.78, 5) is 19.9. The first-order valence-electron chi connectivity index (χ1n) is 5.88. The lowest BCUT2D eigenvalue weighted by Gasteiger charge is -1.94. The van der Waals surface area contributed by atoms with E-state index in [2.05, 4.69) is 20.2 Å². The molecule has 0 saturated carbocycles. The standard InChI is InChI=1S/C10H10N6O2S2/c1-2-3-6-11-9(14-13-6)20-7-8(16(17)18)15-4-5-19-10(15)12-7/h4-5H,2-3H2,1H3,(H,11,13,14). The second-order valence-corrected chi connectivity index (χ2v) is 5.80. The Morgan fingerprint density at radius 2 is 2.40 bits per heavy atom. The van der Waals surface area contributed by atoms with Crippen molar-refractivity contribution in [3.63, 3.8) is 0 Å². The van der Waals surface area contributed by atoms with Gasteiger partial charge in [-0.1, -0.05) is 18.3 Å². The molecule has 3 heterocycles. The summed E-state index contributed by atoms with van der Waals surface area (Å²) in [5.41, 5.74) is 0. The molecule has 0 unspecified atom stereocenters. The van der Waals surface area contributed by atoms with Gasteiger partial charge in [0.2, 0.25) is 10.2 Å². The van der Waals surface area contributed by atoms with Gasteiger partial charge in [0.15, 0.2) is 0 Å². The van der Waals surface area contributed by atoms with Crippen molar-refractivity contribution < 1.29 is 4.92 Å². The maximum absolute atomic E-state index is 11.2. The summed E-state index contributed by atoms with van der Waals surface area (Å²) in [6, 6.07) is 0. The Labute approximate surface area is 121 Å². The van der Waals surface area contributed by atoms with Gasteiger partial charge in [0, 0.05) is 11.8 Å². The van der Waals surface area contributed by atoms with E-state index in [0.717, 1.165) is 30.4 Å². The predicted molar refractivity (Wildman–Crippen MR) is 74.2 cm³/mol. The molecule has 0 fully saturated rings. The molecule has 0 aliphatic rings.